The predicted octanol–water partition coefficient (Wildman–Crippen LogP) is 2.12. The quantitative estimate of drug-likeness (QED) is 0.907. The summed E-state index contributed by atoms with van der Waals surface area (Å²) in [5.74, 6) is 0.699. The fourth-order valence-corrected chi connectivity index (χ4v) is 2.85. The van der Waals surface area contributed by atoms with Crippen molar-refractivity contribution < 1.29 is 5.11 Å². The number of aromatic nitrogens is 1. The van der Waals surface area contributed by atoms with Gasteiger partial charge < -0.3 is 9.67 Å². The Balaban J connectivity index is 1.79. The number of pyridine rings is 1. The van der Waals surface area contributed by atoms with Crippen molar-refractivity contribution in [3.8, 4) is 5.75 Å². The van der Waals surface area contributed by atoms with Gasteiger partial charge in [-0.2, -0.15) is 0 Å². The fraction of sp³-hybridized carbons (Fsp3) is 0.667. The fourth-order valence-electron chi connectivity index (χ4n) is 2.85. The monoisotopic (exact) mass is 262 g/mol. The van der Waals surface area contributed by atoms with Crippen LogP contribution in [0, 0.1) is 5.92 Å². The number of piperidine rings is 1. The molecule has 19 heavy (non-hydrogen) atoms. The molecule has 4 heteroatoms. The van der Waals surface area contributed by atoms with E-state index in [0.717, 1.165) is 44.1 Å². The molecule has 0 bridgehead atoms. The topological polar surface area (TPSA) is 45.5 Å². The maximum atomic E-state index is 11.6. The van der Waals surface area contributed by atoms with Gasteiger partial charge in [-0.25, -0.2) is 0 Å². The summed E-state index contributed by atoms with van der Waals surface area (Å²) in [4.78, 5) is 14.1. The van der Waals surface area contributed by atoms with Crippen molar-refractivity contribution in [2.45, 2.75) is 45.2 Å². The molecule has 2 aliphatic rings. The minimum absolute atomic E-state index is 0.122. The molecule has 0 atom stereocenters. The second-order valence-corrected chi connectivity index (χ2v) is 6.11. The van der Waals surface area contributed by atoms with Crippen molar-refractivity contribution in [1.82, 2.24) is 9.47 Å². The Labute approximate surface area is 113 Å². The van der Waals surface area contributed by atoms with Crippen LogP contribution in [0.2, 0.25) is 0 Å². The first-order valence-electron chi connectivity index (χ1n) is 7.30. The van der Waals surface area contributed by atoms with Gasteiger partial charge in [-0.05, 0) is 44.7 Å². The lowest BCUT2D eigenvalue weighted by Crippen LogP contribution is -2.33. The van der Waals surface area contributed by atoms with Gasteiger partial charge in [0.25, 0.3) is 0 Å². The SMILES string of the molecule is CC1CCN(Cc2cc(=O)c(O)cn2C2CC2)CC1. The molecule has 4 nitrogen and oxygen atoms in total. The number of hydrogen-bond donors (Lipinski definition) is 1. The van der Waals surface area contributed by atoms with Crippen LogP contribution in [-0.2, 0) is 6.54 Å². The van der Waals surface area contributed by atoms with Crippen molar-refractivity contribution in [2.24, 2.45) is 5.92 Å². The highest BCUT2D eigenvalue weighted by atomic mass is 16.3. The molecule has 104 valence electrons. The maximum Gasteiger partial charge on any atom is 0.223 e. The van der Waals surface area contributed by atoms with Gasteiger partial charge in [-0.15, -0.1) is 0 Å². The molecule has 2 fully saturated rings. The maximum absolute atomic E-state index is 11.6. The number of hydrogen-bond acceptors (Lipinski definition) is 3. The Hall–Kier alpha value is -1.29. The molecule has 1 aliphatic heterocycles. The molecule has 1 saturated heterocycles. The van der Waals surface area contributed by atoms with Crippen molar-refractivity contribution in [3.63, 3.8) is 0 Å². The lowest BCUT2D eigenvalue weighted by molar-refractivity contribution is 0.181. The van der Waals surface area contributed by atoms with Crippen molar-refractivity contribution in [3.05, 3.63) is 28.2 Å². The molecule has 0 radical (unpaired) electrons. The average Bonchev–Trinajstić information content (AvgIpc) is 3.20. The Kier molecular flexibility index (Phi) is 3.35. The van der Waals surface area contributed by atoms with Crippen LogP contribution in [0.1, 0.15) is 44.3 Å². The van der Waals surface area contributed by atoms with Crippen LogP contribution in [0.25, 0.3) is 0 Å². The molecular weight excluding hydrogens is 240 g/mol. The van der Waals surface area contributed by atoms with Gasteiger partial charge in [0, 0.05) is 24.3 Å². The zero-order valence-electron chi connectivity index (χ0n) is 11.5. The third-order valence-corrected chi connectivity index (χ3v) is 4.35. The summed E-state index contributed by atoms with van der Waals surface area (Å²) in [5, 5.41) is 9.59. The Morgan fingerprint density at radius 3 is 2.58 bits per heavy atom. The molecule has 1 aromatic rings. The van der Waals surface area contributed by atoms with E-state index in [0.29, 0.717) is 6.04 Å². The van der Waals surface area contributed by atoms with Crippen LogP contribution < -0.4 is 5.43 Å². The van der Waals surface area contributed by atoms with E-state index in [-0.39, 0.29) is 11.2 Å². The molecule has 2 heterocycles. The lowest BCUT2D eigenvalue weighted by Gasteiger charge is -2.31. The van der Waals surface area contributed by atoms with E-state index in [2.05, 4.69) is 16.4 Å². The second-order valence-electron chi connectivity index (χ2n) is 6.11. The zero-order chi connectivity index (χ0) is 13.4. The van der Waals surface area contributed by atoms with Crippen LogP contribution >= 0.6 is 0 Å². The van der Waals surface area contributed by atoms with Crippen LogP contribution in [0.15, 0.2) is 17.1 Å². The van der Waals surface area contributed by atoms with Crippen LogP contribution in [0.5, 0.6) is 5.75 Å². The Morgan fingerprint density at radius 1 is 1.26 bits per heavy atom. The summed E-state index contributed by atoms with van der Waals surface area (Å²) in [6.45, 7) is 5.36. The number of aromatic hydroxyl groups is 1. The van der Waals surface area contributed by atoms with E-state index >= 15 is 0 Å². The van der Waals surface area contributed by atoms with E-state index in [1.807, 2.05) is 0 Å². The van der Waals surface area contributed by atoms with Gasteiger partial charge in [0.1, 0.15) is 0 Å². The molecule has 1 saturated carbocycles. The molecule has 1 aliphatic carbocycles. The van der Waals surface area contributed by atoms with Gasteiger partial charge in [-0.3, -0.25) is 9.69 Å². The van der Waals surface area contributed by atoms with Gasteiger partial charge in [0.15, 0.2) is 5.75 Å². The molecule has 0 amide bonds. The van der Waals surface area contributed by atoms with Gasteiger partial charge in [0.2, 0.25) is 5.43 Å². The van der Waals surface area contributed by atoms with Gasteiger partial charge in [0.05, 0.1) is 6.20 Å². The standard InChI is InChI=1S/C15H22N2O2/c1-11-4-6-16(7-5-11)9-13-8-14(18)15(19)10-17(13)12-2-3-12/h8,10-12,19H,2-7,9H2,1H3. The minimum atomic E-state index is -0.253. The highest BCUT2D eigenvalue weighted by molar-refractivity contribution is 5.22. The number of likely N-dealkylation sites (tertiary alicyclic amines) is 1. The molecular formula is C15H22N2O2. The summed E-state index contributed by atoms with van der Waals surface area (Å²) >= 11 is 0. The normalized spacial score (nSPS) is 21.7. The van der Waals surface area contributed by atoms with Gasteiger partial charge in [-0.1, -0.05) is 6.92 Å². The summed E-state index contributed by atoms with van der Waals surface area (Å²) in [6.07, 6.45) is 6.43. The average molecular weight is 262 g/mol. The van der Waals surface area contributed by atoms with Crippen LogP contribution in [0.4, 0.5) is 0 Å². The van der Waals surface area contributed by atoms with E-state index in [1.165, 1.54) is 12.8 Å². The molecule has 1 N–H and O–H groups in total. The van der Waals surface area contributed by atoms with Crippen molar-refractivity contribution >= 4 is 0 Å². The Bertz CT molecular complexity index is 511. The second kappa shape index (κ2) is 5.00. The van der Waals surface area contributed by atoms with E-state index in [9.17, 15) is 9.90 Å². The van der Waals surface area contributed by atoms with Crippen LogP contribution in [0.3, 0.4) is 0 Å². The third-order valence-electron chi connectivity index (χ3n) is 4.35. The molecule has 0 aromatic carbocycles. The number of nitrogens with zero attached hydrogens (tertiary/aromatic N) is 2. The minimum Gasteiger partial charge on any atom is -0.503 e. The highest BCUT2D eigenvalue weighted by Gasteiger charge is 2.26. The highest BCUT2D eigenvalue weighted by Crippen LogP contribution is 2.36. The van der Waals surface area contributed by atoms with E-state index in [1.54, 1.807) is 12.3 Å². The molecule has 0 spiro atoms. The largest absolute Gasteiger partial charge is 0.503 e. The van der Waals surface area contributed by atoms with Crippen molar-refractivity contribution in [2.75, 3.05) is 13.1 Å². The Morgan fingerprint density at radius 2 is 1.95 bits per heavy atom. The summed E-state index contributed by atoms with van der Waals surface area (Å²) in [6, 6.07) is 2.11. The first kappa shape index (κ1) is 12.7. The molecule has 1 aromatic heterocycles. The molecule has 0 unspecified atom stereocenters. The first-order chi connectivity index (χ1) is 9.13. The van der Waals surface area contributed by atoms with Crippen molar-refractivity contribution in [1.29, 1.82) is 0 Å². The first-order valence-corrected chi connectivity index (χ1v) is 7.30. The zero-order valence-corrected chi connectivity index (χ0v) is 11.5. The smallest absolute Gasteiger partial charge is 0.223 e. The summed E-state index contributed by atoms with van der Waals surface area (Å²) in [7, 11) is 0. The van der Waals surface area contributed by atoms with E-state index in [4.69, 9.17) is 0 Å². The number of rotatable bonds is 3. The summed E-state index contributed by atoms with van der Waals surface area (Å²) < 4.78 is 2.11. The third kappa shape index (κ3) is 2.84. The van der Waals surface area contributed by atoms with Gasteiger partial charge >= 0.3 is 0 Å². The molecule has 3 rings (SSSR count). The van der Waals surface area contributed by atoms with Crippen LogP contribution in [-0.4, -0.2) is 27.7 Å². The lowest BCUT2D eigenvalue weighted by atomic mass is 9.99. The van der Waals surface area contributed by atoms with E-state index < -0.39 is 0 Å². The predicted molar refractivity (Wildman–Crippen MR) is 74.3 cm³/mol. The summed E-state index contributed by atoms with van der Waals surface area (Å²) in [5.41, 5.74) is 0.803.